The van der Waals surface area contributed by atoms with E-state index in [9.17, 15) is 8.39 Å². The molecule has 1 heterocycles. The summed E-state index contributed by atoms with van der Waals surface area (Å²) in [6, 6.07) is 0. The SMILES string of the molecule is CN1P(F)(Cl)(Cl)N(C)P1(F)(Cl)Cl. The van der Waals surface area contributed by atoms with Crippen LogP contribution in [0.3, 0.4) is 0 Å². The van der Waals surface area contributed by atoms with Crippen molar-refractivity contribution < 1.29 is 8.39 Å². The summed E-state index contributed by atoms with van der Waals surface area (Å²) in [7, 11) is 2.05. The molecule has 1 aliphatic rings. The predicted octanol–water partition coefficient (Wildman–Crippen LogP) is 5.01. The van der Waals surface area contributed by atoms with Crippen LogP contribution in [0.15, 0.2) is 0 Å². The number of nitrogens with zero attached hydrogens (tertiary/aromatic N) is 2. The van der Waals surface area contributed by atoms with Crippen LogP contribution in [-0.2, 0) is 0 Å². The summed E-state index contributed by atoms with van der Waals surface area (Å²) in [5, 5.41) is 0. The van der Waals surface area contributed by atoms with Crippen molar-refractivity contribution >= 4 is 56.8 Å². The first-order valence-corrected chi connectivity index (χ1v) is 10.4. The maximum absolute atomic E-state index is 13.6. The molecule has 0 aromatic heterocycles. The Labute approximate surface area is 88.1 Å². The summed E-state index contributed by atoms with van der Waals surface area (Å²) < 4.78 is 27.9. The van der Waals surface area contributed by atoms with Gasteiger partial charge < -0.3 is 0 Å². The van der Waals surface area contributed by atoms with Gasteiger partial charge in [-0.15, -0.1) is 0 Å². The van der Waals surface area contributed by atoms with Crippen LogP contribution in [0.4, 0.5) is 8.39 Å². The van der Waals surface area contributed by atoms with Gasteiger partial charge in [0, 0.05) is 0 Å². The van der Waals surface area contributed by atoms with Crippen molar-refractivity contribution in [2.75, 3.05) is 14.1 Å². The number of halogens is 6. The fourth-order valence-corrected chi connectivity index (χ4v) is 17.4. The Hall–Kier alpha value is 1.80. The predicted molar refractivity (Wildman–Crippen MR) is 55.0 cm³/mol. The molecule has 1 aliphatic heterocycles. The molecule has 0 aromatic carbocycles. The molecular weight excluding hydrogens is 294 g/mol. The van der Waals surface area contributed by atoms with E-state index in [1.165, 1.54) is 0 Å². The van der Waals surface area contributed by atoms with E-state index in [2.05, 4.69) is 0 Å². The average Bonchev–Trinajstić information content (AvgIpc) is 1.82. The van der Waals surface area contributed by atoms with Gasteiger partial charge in [-0.1, -0.05) is 0 Å². The quantitative estimate of drug-likeness (QED) is 0.580. The topological polar surface area (TPSA) is 6.48 Å². The van der Waals surface area contributed by atoms with Crippen LogP contribution in [0, 0.1) is 0 Å². The molecule has 0 aromatic rings. The first-order chi connectivity index (χ1) is 4.87. The Morgan fingerprint density at radius 1 is 0.833 bits per heavy atom. The fraction of sp³-hybridized carbons (Fsp3) is 1.00. The van der Waals surface area contributed by atoms with Gasteiger partial charge in [0.25, 0.3) is 0 Å². The van der Waals surface area contributed by atoms with E-state index in [0.29, 0.717) is 8.88 Å². The molecule has 0 spiro atoms. The van der Waals surface area contributed by atoms with Crippen LogP contribution in [0.2, 0.25) is 0 Å². The minimum absolute atomic E-state index is 0.406. The zero-order valence-electron chi connectivity index (χ0n) is 6.06. The van der Waals surface area contributed by atoms with Gasteiger partial charge in [0.15, 0.2) is 0 Å². The molecule has 0 aliphatic carbocycles. The minimum atomic E-state index is -4.80. The third-order valence-electron chi connectivity index (χ3n) is 1.83. The Bertz CT molecular complexity index is 201. The standard InChI is InChI=1S/C2H6Cl4F2N2P2/c1-9-11(3,4,7)10(2)12(9,5,6)8/h1-2H3. The molecule has 10 heteroatoms. The van der Waals surface area contributed by atoms with Gasteiger partial charge in [0.05, 0.1) is 0 Å². The average molecular weight is 300 g/mol. The summed E-state index contributed by atoms with van der Waals surface area (Å²) in [4.78, 5) is 0. The van der Waals surface area contributed by atoms with Crippen molar-refractivity contribution in [3.63, 3.8) is 0 Å². The van der Waals surface area contributed by atoms with Gasteiger partial charge in [0.1, 0.15) is 0 Å². The van der Waals surface area contributed by atoms with Gasteiger partial charge in [-0.25, -0.2) is 0 Å². The summed E-state index contributed by atoms with van der Waals surface area (Å²) in [5.41, 5.74) is 0. The van der Waals surface area contributed by atoms with Crippen molar-refractivity contribution in [3.8, 4) is 0 Å². The second-order valence-electron chi connectivity index (χ2n) is 2.45. The van der Waals surface area contributed by atoms with Crippen molar-refractivity contribution in [1.82, 2.24) is 8.88 Å². The Morgan fingerprint density at radius 3 is 1.08 bits per heavy atom. The molecule has 1 fully saturated rings. The Balaban J connectivity index is 3.16. The van der Waals surface area contributed by atoms with Crippen molar-refractivity contribution in [1.29, 1.82) is 0 Å². The first kappa shape index (κ1) is 11.9. The monoisotopic (exact) mass is 298 g/mol. The van der Waals surface area contributed by atoms with Crippen LogP contribution in [0.1, 0.15) is 0 Å². The third-order valence-corrected chi connectivity index (χ3v) is 17.4. The van der Waals surface area contributed by atoms with Gasteiger partial charge in [-0.3, -0.25) is 0 Å². The third kappa shape index (κ3) is 1.20. The molecule has 76 valence electrons. The van der Waals surface area contributed by atoms with E-state index in [1.807, 2.05) is 0 Å². The van der Waals surface area contributed by atoms with E-state index in [1.54, 1.807) is 0 Å². The van der Waals surface area contributed by atoms with Gasteiger partial charge in [-0.05, 0) is 0 Å². The van der Waals surface area contributed by atoms with Crippen LogP contribution in [0.25, 0.3) is 0 Å². The normalized spacial score (nSPS) is 44.3. The van der Waals surface area contributed by atoms with Gasteiger partial charge in [0.2, 0.25) is 0 Å². The van der Waals surface area contributed by atoms with E-state index >= 15 is 0 Å². The molecule has 0 amide bonds. The summed E-state index contributed by atoms with van der Waals surface area (Å²) in [6.07, 6.45) is 0. The molecule has 0 saturated carbocycles. The molecule has 0 unspecified atom stereocenters. The molecule has 12 heavy (non-hydrogen) atoms. The van der Waals surface area contributed by atoms with Crippen LogP contribution in [-0.4, -0.2) is 23.0 Å². The molecular formula is C2H6Cl4F2N2P2. The van der Waals surface area contributed by atoms with E-state index < -0.39 is 11.8 Å². The van der Waals surface area contributed by atoms with Crippen molar-refractivity contribution in [2.24, 2.45) is 0 Å². The van der Waals surface area contributed by atoms with Crippen LogP contribution >= 0.6 is 56.8 Å². The summed E-state index contributed by atoms with van der Waals surface area (Å²) in [6.45, 7) is 0. The zero-order chi connectivity index (χ0) is 10.0. The van der Waals surface area contributed by atoms with Crippen LogP contribution < -0.4 is 0 Å². The van der Waals surface area contributed by atoms with E-state index in [4.69, 9.17) is 45.0 Å². The second-order valence-corrected chi connectivity index (χ2v) is 16.6. The van der Waals surface area contributed by atoms with Crippen LogP contribution in [0.5, 0.6) is 0 Å². The molecule has 0 N–H and O–H groups in total. The molecule has 0 atom stereocenters. The van der Waals surface area contributed by atoms with E-state index in [-0.39, 0.29) is 0 Å². The first-order valence-electron chi connectivity index (χ1n) is 2.71. The fourth-order valence-electron chi connectivity index (χ4n) is 0.790. The van der Waals surface area contributed by atoms with Gasteiger partial charge >= 0.3 is 88.2 Å². The van der Waals surface area contributed by atoms with Crippen molar-refractivity contribution in [2.45, 2.75) is 0 Å². The van der Waals surface area contributed by atoms with E-state index in [0.717, 1.165) is 14.1 Å². The Morgan fingerprint density at radius 2 is 1.00 bits per heavy atom. The molecule has 0 radical (unpaired) electrons. The summed E-state index contributed by atoms with van der Waals surface area (Å²) >= 11 is 21.4. The maximum atomic E-state index is 13.6. The zero-order valence-corrected chi connectivity index (χ0v) is 10.9. The van der Waals surface area contributed by atoms with Gasteiger partial charge in [-0.2, -0.15) is 0 Å². The molecule has 1 saturated heterocycles. The number of rotatable bonds is 0. The van der Waals surface area contributed by atoms with Crippen molar-refractivity contribution in [3.05, 3.63) is 0 Å². The number of hydrogen-bond acceptors (Lipinski definition) is 2. The molecule has 1 rings (SSSR count). The second kappa shape index (κ2) is 2.31. The molecule has 2 nitrogen and oxygen atoms in total. The summed E-state index contributed by atoms with van der Waals surface area (Å²) in [5.74, 6) is -9.60. The molecule has 0 bridgehead atoms. The Kier molecular flexibility index (Phi) is 2.28. The number of hydrogen-bond donors (Lipinski definition) is 0.